The molecule has 0 spiro atoms. The van der Waals surface area contributed by atoms with E-state index >= 15 is 0 Å². The van der Waals surface area contributed by atoms with Crippen molar-refractivity contribution in [2.24, 2.45) is 0 Å². The van der Waals surface area contributed by atoms with Gasteiger partial charge in [0.1, 0.15) is 5.76 Å². The van der Waals surface area contributed by atoms with Gasteiger partial charge in [0.05, 0.1) is 31.1 Å². The van der Waals surface area contributed by atoms with Gasteiger partial charge in [-0.2, -0.15) is 0 Å². The lowest BCUT2D eigenvalue weighted by molar-refractivity contribution is 0.0600. The summed E-state index contributed by atoms with van der Waals surface area (Å²) in [4.78, 5) is 15.4. The molecule has 0 radical (unpaired) electrons. The maximum absolute atomic E-state index is 11.2. The largest absolute Gasteiger partial charge is 0.465 e. The van der Waals surface area contributed by atoms with E-state index in [2.05, 4.69) is 20.2 Å². The molecule has 6 nitrogen and oxygen atoms in total. The third kappa shape index (κ3) is 3.14. The van der Waals surface area contributed by atoms with Gasteiger partial charge in [-0.15, -0.1) is 0 Å². The molecule has 0 atom stereocenters. The third-order valence-corrected chi connectivity index (χ3v) is 2.34. The molecule has 0 bridgehead atoms. The molecule has 6 heteroatoms. The number of rotatable bonds is 5. The maximum Gasteiger partial charge on any atom is 0.339 e. The van der Waals surface area contributed by atoms with Gasteiger partial charge in [0.15, 0.2) is 0 Å². The van der Waals surface area contributed by atoms with E-state index in [1.807, 2.05) is 0 Å². The Kier molecular flexibility index (Phi) is 4.03. The van der Waals surface area contributed by atoms with Crippen LogP contribution in [0.1, 0.15) is 21.8 Å². The molecule has 18 heavy (non-hydrogen) atoms. The van der Waals surface area contributed by atoms with Crippen LogP contribution in [-0.2, 0) is 17.8 Å². The van der Waals surface area contributed by atoms with Gasteiger partial charge in [-0.1, -0.05) is 5.16 Å². The summed E-state index contributed by atoms with van der Waals surface area (Å²) in [5.41, 5.74) is 1.28. The Morgan fingerprint density at radius 1 is 1.39 bits per heavy atom. The van der Waals surface area contributed by atoms with Crippen LogP contribution in [0.4, 0.5) is 0 Å². The van der Waals surface area contributed by atoms with Gasteiger partial charge < -0.3 is 14.6 Å². The molecule has 0 aliphatic heterocycles. The van der Waals surface area contributed by atoms with E-state index in [1.54, 1.807) is 24.4 Å². The lowest BCUT2D eigenvalue weighted by Gasteiger charge is -2.03. The number of nitrogens with one attached hydrogen (secondary N) is 1. The number of methoxy groups -OCH3 is 1. The highest BCUT2D eigenvalue weighted by Crippen LogP contribution is 2.02. The second-order valence-electron chi connectivity index (χ2n) is 3.61. The van der Waals surface area contributed by atoms with Crippen molar-refractivity contribution in [2.75, 3.05) is 7.11 Å². The highest BCUT2D eigenvalue weighted by molar-refractivity contribution is 5.88. The summed E-state index contributed by atoms with van der Waals surface area (Å²) < 4.78 is 9.53. The summed E-state index contributed by atoms with van der Waals surface area (Å²) in [5.74, 6) is 0.379. The van der Waals surface area contributed by atoms with Crippen molar-refractivity contribution >= 4 is 5.97 Å². The van der Waals surface area contributed by atoms with Crippen LogP contribution in [0.5, 0.6) is 0 Å². The Morgan fingerprint density at radius 2 is 2.28 bits per heavy atom. The molecule has 94 valence electrons. The van der Waals surface area contributed by atoms with E-state index in [4.69, 9.17) is 4.52 Å². The van der Waals surface area contributed by atoms with E-state index in [0.717, 1.165) is 11.5 Å². The summed E-state index contributed by atoms with van der Waals surface area (Å²) >= 11 is 0. The summed E-state index contributed by atoms with van der Waals surface area (Å²) in [6, 6.07) is 5.25. The highest BCUT2D eigenvalue weighted by Gasteiger charge is 2.05. The third-order valence-electron chi connectivity index (χ3n) is 2.34. The van der Waals surface area contributed by atoms with Gasteiger partial charge in [-0.25, -0.2) is 4.79 Å². The molecule has 0 unspecified atom stereocenters. The second kappa shape index (κ2) is 5.92. The Labute approximate surface area is 104 Å². The Morgan fingerprint density at radius 3 is 2.89 bits per heavy atom. The van der Waals surface area contributed by atoms with Gasteiger partial charge in [0.2, 0.25) is 0 Å². The zero-order valence-corrected chi connectivity index (χ0v) is 9.92. The van der Waals surface area contributed by atoms with Crippen molar-refractivity contribution in [3.63, 3.8) is 0 Å². The molecule has 0 amide bonds. The van der Waals surface area contributed by atoms with Crippen LogP contribution >= 0.6 is 0 Å². The quantitative estimate of drug-likeness (QED) is 0.798. The first-order chi connectivity index (χ1) is 8.79. The lowest BCUT2D eigenvalue weighted by atomic mass is 10.2. The summed E-state index contributed by atoms with van der Waals surface area (Å²) in [6.07, 6.45) is 3.09. The van der Waals surface area contributed by atoms with E-state index in [1.165, 1.54) is 13.3 Å². The predicted molar refractivity (Wildman–Crippen MR) is 62.6 cm³/mol. The molecule has 2 aromatic rings. The smallest absolute Gasteiger partial charge is 0.339 e. The fourth-order valence-electron chi connectivity index (χ4n) is 1.41. The first-order valence-electron chi connectivity index (χ1n) is 5.43. The van der Waals surface area contributed by atoms with E-state index in [9.17, 15) is 4.79 Å². The van der Waals surface area contributed by atoms with Crippen molar-refractivity contribution in [1.82, 2.24) is 15.5 Å². The molecular formula is C12H13N3O3. The molecule has 0 saturated carbocycles. The maximum atomic E-state index is 11.2. The first kappa shape index (κ1) is 12.3. The average Bonchev–Trinajstić information content (AvgIpc) is 2.92. The van der Waals surface area contributed by atoms with E-state index in [0.29, 0.717) is 18.7 Å². The molecule has 0 fully saturated rings. The van der Waals surface area contributed by atoms with E-state index in [-0.39, 0.29) is 5.97 Å². The van der Waals surface area contributed by atoms with Crippen molar-refractivity contribution in [3.8, 4) is 0 Å². The molecule has 1 N–H and O–H groups in total. The standard InChI is InChI=1S/C12H13N3O3/c1-17-12(16)9-2-3-10(14-6-9)7-13-8-11-4-5-15-18-11/h2-6,13H,7-8H2,1H3. The summed E-state index contributed by atoms with van der Waals surface area (Å²) in [6.45, 7) is 1.17. The Balaban J connectivity index is 1.85. The second-order valence-corrected chi connectivity index (χ2v) is 3.61. The number of carbonyl (C=O) groups excluding carboxylic acids is 1. The zero-order chi connectivity index (χ0) is 12.8. The van der Waals surface area contributed by atoms with Crippen LogP contribution in [0.2, 0.25) is 0 Å². The average molecular weight is 247 g/mol. The van der Waals surface area contributed by atoms with Crippen LogP contribution in [-0.4, -0.2) is 23.2 Å². The van der Waals surface area contributed by atoms with Crippen LogP contribution in [0, 0.1) is 0 Å². The van der Waals surface area contributed by atoms with Crippen molar-refractivity contribution in [2.45, 2.75) is 13.1 Å². The molecule has 0 aliphatic carbocycles. The summed E-state index contributed by atoms with van der Waals surface area (Å²) in [7, 11) is 1.34. The van der Waals surface area contributed by atoms with Gasteiger partial charge in [0.25, 0.3) is 0 Å². The number of aromatic nitrogens is 2. The summed E-state index contributed by atoms with van der Waals surface area (Å²) in [5, 5.41) is 6.76. The number of carbonyl (C=O) groups is 1. The normalized spacial score (nSPS) is 10.3. The number of nitrogens with zero attached hydrogens (tertiary/aromatic N) is 2. The predicted octanol–water partition coefficient (Wildman–Crippen LogP) is 1.15. The molecule has 0 aromatic carbocycles. The minimum Gasteiger partial charge on any atom is -0.465 e. The molecule has 2 rings (SSSR count). The SMILES string of the molecule is COC(=O)c1ccc(CNCc2ccno2)nc1. The van der Waals surface area contributed by atoms with Gasteiger partial charge in [-0.3, -0.25) is 4.98 Å². The van der Waals surface area contributed by atoms with Crippen LogP contribution in [0.15, 0.2) is 35.1 Å². The van der Waals surface area contributed by atoms with Crippen molar-refractivity contribution in [3.05, 3.63) is 47.6 Å². The minimum atomic E-state index is -0.385. The number of hydrogen-bond donors (Lipinski definition) is 1. The molecule has 2 aromatic heterocycles. The number of hydrogen-bond acceptors (Lipinski definition) is 6. The van der Waals surface area contributed by atoms with Crippen molar-refractivity contribution < 1.29 is 14.1 Å². The molecular weight excluding hydrogens is 234 g/mol. The number of esters is 1. The van der Waals surface area contributed by atoms with Gasteiger partial charge >= 0.3 is 5.97 Å². The minimum absolute atomic E-state index is 0.385. The van der Waals surface area contributed by atoms with E-state index < -0.39 is 0 Å². The van der Waals surface area contributed by atoms with Crippen LogP contribution < -0.4 is 5.32 Å². The highest BCUT2D eigenvalue weighted by atomic mass is 16.5. The lowest BCUT2D eigenvalue weighted by Crippen LogP contribution is -2.13. The fourth-order valence-corrected chi connectivity index (χ4v) is 1.41. The zero-order valence-electron chi connectivity index (χ0n) is 9.92. The number of pyridine rings is 1. The fraction of sp³-hybridized carbons (Fsp3) is 0.250. The molecule has 2 heterocycles. The topological polar surface area (TPSA) is 77.2 Å². The van der Waals surface area contributed by atoms with Gasteiger partial charge in [0, 0.05) is 18.8 Å². The number of ether oxygens (including phenoxy) is 1. The van der Waals surface area contributed by atoms with Crippen molar-refractivity contribution in [1.29, 1.82) is 0 Å². The van der Waals surface area contributed by atoms with Crippen LogP contribution in [0.3, 0.4) is 0 Å². The van der Waals surface area contributed by atoms with Gasteiger partial charge in [-0.05, 0) is 12.1 Å². The first-order valence-corrected chi connectivity index (χ1v) is 5.43. The van der Waals surface area contributed by atoms with Crippen LogP contribution in [0.25, 0.3) is 0 Å². The molecule has 0 aliphatic rings. The molecule has 0 saturated heterocycles. The Bertz CT molecular complexity index is 494. The Hall–Kier alpha value is -2.21. The monoisotopic (exact) mass is 247 g/mol.